The van der Waals surface area contributed by atoms with Gasteiger partial charge in [0.2, 0.25) is 10.0 Å². The number of carbonyl (C=O) groups is 1. The number of rotatable bonds is 9. The molecule has 0 atom stereocenters. The lowest BCUT2D eigenvalue weighted by Crippen LogP contribution is -2.42. The van der Waals surface area contributed by atoms with Crippen molar-refractivity contribution in [1.82, 2.24) is 13.9 Å². The monoisotopic (exact) mass is 581 g/mol. The van der Waals surface area contributed by atoms with Crippen LogP contribution in [0.4, 0.5) is 4.39 Å². The molecule has 0 aliphatic carbocycles. The van der Waals surface area contributed by atoms with Crippen molar-refractivity contribution in [3.63, 3.8) is 0 Å². The van der Waals surface area contributed by atoms with Crippen LogP contribution in [0.1, 0.15) is 11.1 Å². The van der Waals surface area contributed by atoms with Crippen molar-refractivity contribution in [3.05, 3.63) is 85.3 Å². The maximum Gasteiger partial charge on any atom is 0.332 e. The lowest BCUT2D eigenvalue weighted by molar-refractivity contribution is -0.137. The number of carboxylic acid groups (broad SMARTS) is 1. The number of halogens is 2. The van der Waals surface area contributed by atoms with Crippen molar-refractivity contribution >= 4 is 49.1 Å². The van der Waals surface area contributed by atoms with E-state index in [1.807, 2.05) is 0 Å². The van der Waals surface area contributed by atoms with Crippen LogP contribution in [-0.2, 0) is 34.5 Å². The maximum absolute atomic E-state index is 14.7. The number of methoxy groups -OCH3 is 1. The molecule has 4 rings (SSSR count). The Hall–Kier alpha value is -3.52. The number of aromatic nitrogens is 2. The topological polar surface area (TPSA) is 137 Å². The number of aliphatic carboxylic acids is 1. The van der Waals surface area contributed by atoms with E-state index in [1.54, 1.807) is 24.3 Å². The van der Waals surface area contributed by atoms with Crippen LogP contribution in [0.25, 0.3) is 20.7 Å². The summed E-state index contributed by atoms with van der Waals surface area (Å²) in [6.45, 7) is -1.67. The minimum absolute atomic E-state index is 0.0340. The predicted molar refractivity (Wildman–Crippen MR) is 142 cm³/mol. The highest BCUT2D eigenvalue weighted by Gasteiger charge is 2.25. The molecule has 2 aromatic heterocycles. The highest BCUT2D eigenvalue weighted by Crippen LogP contribution is 2.38. The molecule has 2 heterocycles. The van der Waals surface area contributed by atoms with Gasteiger partial charge in [0.05, 0.1) is 25.3 Å². The Kier molecular flexibility index (Phi) is 7.74. The average Bonchev–Trinajstić information content (AvgIpc) is 3.23. The van der Waals surface area contributed by atoms with Gasteiger partial charge in [-0.05, 0) is 42.0 Å². The van der Waals surface area contributed by atoms with Crippen LogP contribution in [0.15, 0.2) is 52.1 Å². The van der Waals surface area contributed by atoms with Crippen LogP contribution in [0.5, 0.6) is 5.75 Å². The van der Waals surface area contributed by atoms with Crippen molar-refractivity contribution < 1.29 is 27.4 Å². The summed E-state index contributed by atoms with van der Waals surface area (Å²) in [7, 11) is -2.21. The molecular weight excluding hydrogens is 561 g/mol. The standard InChI is InChI=1S/C24H21ClFN3O7S2/c1-36-14-8-6-13(7-9-14)21-15(10-27-38(2,34)35)20-22(32)28(12-19(30)31)24(33)29(23(20)37-21)11-16-17(25)4-3-5-18(16)26/h3-9,27H,10-12H2,1-2H3,(H,30,31). The van der Waals surface area contributed by atoms with Gasteiger partial charge in [-0.2, -0.15) is 0 Å². The molecule has 0 fully saturated rings. The molecule has 0 saturated heterocycles. The molecule has 0 aliphatic rings. The maximum atomic E-state index is 14.7. The summed E-state index contributed by atoms with van der Waals surface area (Å²) in [5, 5.41) is 9.35. The van der Waals surface area contributed by atoms with E-state index in [1.165, 1.54) is 19.2 Å². The van der Waals surface area contributed by atoms with E-state index in [-0.39, 0.29) is 32.9 Å². The smallest absolute Gasteiger partial charge is 0.332 e. The molecule has 4 aromatic rings. The van der Waals surface area contributed by atoms with E-state index in [0.717, 1.165) is 28.2 Å². The number of carboxylic acids is 1. The van der Waals surface area contributed by atoms with Gasteiger partial charge in [-0.3, -0.25) is 14.2 Å². The Balaban J connectivity index is 2.09. The van der Waals surface area contributed by atoms with Crippen LogP contribution in [0.2, 0.25) is 5.02 Å². The van der Waals surface area contributed by atoms with E-state index in [9.17, 15) is 32.3 Å². The molecule has 2 N–H and O–H groups in total. The van der Waals surface area contributed by atoms with Gasteiger partial charge in [0, 0.05) is 27.6 Å². The van der Waals surface area contributed by atoms with Gasteiger partial charge in [0.25, 0.3) is 5.56 Å². The first-order chi connectivity index (χ1) is 17.9. The zero-order chi connectivity index (χ0) is 27.8. The van der Waals surface area contributed by atoms with Crippen LogP contribution in [-0.4, -0.2) is 42.0 Å². The number of sulfonamides is 1. The third-order valence-corrected chi connectivity index (χ3v) is 8.02. The van der Waals surface area contributed by atoms with Crippen LogP contribution >= 0.6 is 22.9 Å². The number of nitrogens with zero attached hydrogens (tertiary/aromatic N) is 2. The second kappa shape index (κ2) is 10.7. The number of ether oxygens (including phenoxy) is 1. The Bertz CT molecular complexity index is 1760. The van der Waals surface area contributed by atoms with Gasteiger partial charge in [0.15, 0.2) is 0 Å². The normalized spacial score (nSPS) is 11.7. The number of hydrogen-bond acceptors (Lipinski definition) is 7. The fourth-order valence-corrected chi connectivity index (χ4v) is 5.86. The fraction of sp³-hybridized carbons (Fsp3) is 0.208. The molecule has 0 radical (unpaired) electrons. The van der Waals surface area contributed by atoms with Gasteiger partial charge in [0.1, 0.15) is 22.9 Å². The summed E-state index contributed by atoms with van der Waals surface area (Å²) >= 11 is 7.21. The summed E-state index contributed by atoms with van der Waals surface area (Å²) in [5.41, 5.74) is -1.10. The molecule has 14 heteroatoms. The lowest BCUT2D eigenvalue weighted by Gasteiger charge is -2.13. The molecule has 200 valence electrons. The van der Waals surface area contributed by atoms with Crippen molar-refractivity contribution in [3.8, 4) is 16.2 Å². The second-order valence-corrected chi connectivity index (χ2v) is 11.5. The Morgan fingerprint density at radius 2 is 1.82 bits per heavy atom. The minimum atomic E-state index is -3.70. The summed E-state index contributed by atoms with van der Waals surface area (Å²) in [6, 6.07) is 10.7. The molecule has 38 heavy (non-hydrogen) atoms. The van der Waals surface area contributed by atoms with E-state index in [2.05, 4.69) is 4.72 Å². The largest absolute Gasteiger partial charge is 0.497 e. The van der Waals surface area contributed by atoms with Gasteiger partial charge in [-0.1, -0.05) is 17.7 Å². The first-order valence-electron chi connectivity index (χ1n) is 10.9. The predicted octanol–water partition coefficient (Wildman–Crippen LogP) is 2.87. The third-order valence-electron chi connectivity index (χ3n) is 5.69. The van der Waals surface area contributed by atoms with Crippen molar-refractivity contribution in [2.45, 2.75) is 19.6 Å². The Morgan fingerprint density at radius 3 is 2.39 bits per heavy atom. The van der Waals surface area contributed by atoms with Crippen LogP contribution in [0, 0.1) is 5.82 Å². The van der Waals surface area contributed by atoms with E-state index in [0.29, 0.717) is 20.8 Å². The second-order valence-electron chi connectivity index (χ2n) is 8.27. The van der Waals surface area contributed by atoms with Crippen molar-refractivity contribution in [2.75, 3.05) is 13.4 Å². The van der Waals surface area contributed by atoms with E-state index in [4.69, 9.17) is 16.3 Å². The first-order valence-corrected chi connectivity index (χ1v) is 14.0. The quantitative estimate of drug-likeness (QED) is 0.310. The Labute approximate surface area is 224 Å². The van der Waals surface area contributed by atoms with Crippen molar-refractivity contribution in [2.24, 2.45) is 0 Å². The number of fused-ring (bicyclic) bond motifs is 1. The van der Waals surface area contributed by atoms with E-state index < -0.39 is 46.1 Å². The van der Waals surface area contributed by atoms with Gasteiger partial charge in [-0.25, -0.2) is 26.9 Å². The minimum Gasteiger partial charge on any atom is -0.497 e. The molecule has 2 aromatic carbocycles. The number of hydrogen-bond donors (Lipinski definition) is 2. The summed E-state index contributed by atoms with van der Waals surface area (Å²) < 4.78 is 47.7. The average molecular weight is 582 g/mol. The summed E-state index contributed by atoms with van der Waals surface area (Å²) in [5.74, 6) is -1.58. The third kappa shape index (κ3) is 5.50. The highest BCUT2D eigenvalue weighted by molar-refractivity contribution is 7.88. The van der Waals surface area contributed by atoms with Gasteiger partial charge in [-0.15, -0.1) is 11.3 Å². The van der Waals surface area contributed by atoms with Crippen LogP contribution < -0.4 is 20.7 Å². The van der Waals surface area contributed by atoms with E-state index >= 15 is 0 Å². The fourth-order valence-electron chi connectivity index (χ4n) is 3.92. The molecule has 0 bridgehead atoms. The summed E-state index contributed by atoms with van der Waals surface area (Å²) in [4.78, 5) is 39.0. The number of thiophene rings is 1. The summed E-state index contributed by atoms with van der Waals surface area (Å²) in [6.07, 6.45) is 0.952. The molecular formula is C24H21ClFN3O7S2. The molecule has 0 unspecified atom stereocenters. The molecule has 0 spiro atoms. The van der Waals surface area contributed by atoms with Crippen LogP contribution in [0.3, 0.4) is 0 Å². The van der Waals surface area contributed by atoms with Gasteiger partial charge < -0.3 is 9.84 Å². The zero-order valence-corrected chi connectivity index (χ0v) is 22.4. The van der Waals surface area contributed by atoms with Gasteiger partial charge >= 0.3 is 11.7 Å². The highest BCUT2D eigenvalue weighted by atomic mass is 35.5. The lowest BCUT2D eigenvalue weighted by atomic mass is 10.1. The number of benzene rings is 2. The SMILES string of the molecule is COc1ccc(-c2sc3c(c2CNS(C)(=O)=O)c(=O)n(CC(=O)O)c(=O)n3Cc2c(F)cccc2Cl)cc1. The first kappa shape index (κ1) is 27.5. The number of nitrogens with one attached hydrogen (secondary N) is 1. The molecule has 10 nitrogen and oxygen atoms in total. The zero-order valence-electron chi connectivity index (χ0n) is 20.0. The van der Waals surface area contributed by atoms with Crippen molar-refractivity contribution in [1.29, 1.82) is 0 Å². The molecule has 0 saturated carbocycles. The Morgan fingerprint density at radius 1 is 1.13 bits per heavy atom. The molecule has 0 aliphatic heterocycles. The molecule has 0 amide bonds.